The van der Waals surface area contributed by atoms with Crippen molar-refractivity contribution < 1.29 is 9.59 Å². The topological polar surface area (TPSA) is 84.2 Å². The molecule has 0 aliphatic heterocycles. The molecule has 0 spiro atoms. The lowest BCUT2D eigenvalue weighted by molar-refractivity contribution is -0.129. The zero-order valence-electron chi connectivity index (χ0n) is 12.0. The Morgan fingerprint density at radius 3 is 2.10 bits per heavy atom. The van der Waals surface area contributed by atoms with Crippen LogP contribution in [-0.4, -0.2) is 18.4 Å². The second-order valence-electron chi connectivity index (χ2n) is 6.13. The first-order valence-corrected chi connectivity index (χ1v) is 7.55. The van der Waals surface area contributed by atoms with Crippen molar-refractivity contribution in [3.05, 3.63) is 24.3 Å². The maximum atomic E-state index is 12.2. The molecule has 2 aliphatic rings. The Balaban J connectivity index is 1.59. The quantitative estimate of drug-likeness (QED) is 0.775. The summed E-state index contributed by atoms with van der Waals surface area (Å²) in [6, 6.07) is 7.24. The Hall–Kier alpha value is -1.88. The number of benzene rings is 1. The SMILES string of the molecule is NCC1(C(=O)Nc2ccc(NC(=O)C3CC3)cc2)CCC1. The van der Waals surface area contributed by atoms with Gasteiger partial charge in [0, 0.05) is 23.8 Å². The van der Waals surface area contributed by atoms with E-state index in [9.17, 15) is 9.59 Å². The average molecular weight is 287 g/mol. The minimum Gasteiger partial charge on any atom is -0.329 e. The van der Waals surface area contributed by atoms with E-state index in [1.54, 1.807) is 0 Å². The van der Waals surface area contributed by atoms with Crippen LogP contribution in [0.25, 0.3) is 0 Å². The van der Waals surface area contributed by atoms with Gasteiger partial charge in [0.05, 0.1) is 5.41 Å². The van der Waals surface area contributed by atoms with E-state index in [1.807, 2.05) is 24.3 Å². The summed E-state index contributed by atoms with van der Waals surface area (Å²) in [5, 5.41) is 5.80. The summed E-state index contributed by atoms with van der Waals surface area (Å²) in [5.41, 5.74) is 6.86. The molecule has 2 amide bonds. The van der Waals surface area contributed by atoms with Crippen molar-refractivity contribution in [1.29, 1.82) is 0 Å². The standard InChI is InChI=1S/C16H21N3O2/c17-10-16(8-1-9-16)15(21)19-13-6-4-12(5-7-13)18-14(20)11-2-3-11/h4-7,11H,1-3,8-10,17H2,(H,18,20)(H,19,21). The van der Waals surface area contributed by atoms with Crippen molar-refractivity contribution in [1.82, 2.24) is 0 Å². The smallest absolute Gasteiger partial charge is 0.231 e. The molecule has 1 aromatic carbocycles. The molecule has 4 N–H and O–H groups in total. The third-order valence-electron chi connectivity index (χ3n) is 4.54. The van der Waals surface area contributed by atoms with Gasteiger partial charge in [-0.05, 0) is 49.9 Å². The molecule has 0 bridgehead atoms. The molecule has 2 fully saturated rings. The van der Waals surface area contributed by atoms with E-state index < -0.39 is 0 Å². The van der Waals surface area contributed by atoms with Gasteiger partial charge in [0.2, 0.25) is 11.8 Å². The lowest BCUT2D eigenvalue weighted by atomic mass is 9.68. The van der Waals surface area contributed by atoms with Gasteiger partial charge in [-0.3, -0.25) is 9.59 Å². The predicted octanol–water partition coefficient (Wildman–Crippen LogP) is 2.10. The van der Waals surface area contributed by atoms with Gasteiger partial charge in [0.25, 0.3) is 0 Å². The van der Waals surface area contributed by atoms with Crippen LogP contribution in [0.3, 0.4) is 0 Å². The Morgan fingerprint density at radius 2 is 1.67 bits per heavy atom. The van der Waals surface area contributed by atoms with Crippen LogP contribution >= 0.6 is 0 Å². The number of hydrogen-bond acceptors (Lipinski definition) is 3. The van der Waals surface area contributed by atoms with E-state index >= 15 is 0 Å². The molecular formula is C16H21N3O2. The summed E-state index contributed by atoms with van der Waals surface area (Å²) < 4.78 is 0. The van der Waals surface area contributed by atoms with Gasteiger partial charge < -0.3 is 16.4 Å². The van der Waals surface area contributed by atoms with Crippen LogP contribution in [0.15, 0.2) is 24.3 Å². The molecule has 21 heavy (non-hydrogen) atoms. The molecular weight excluding hydrogens is 266 g/mol. The largest absolute Gasteiger partial charge is 0.329 e. The first kappa shape index (κ1) is 14.1. The highest BCUT2D eigenvalue weighted by Gasteiger charge is 2.42. The second kappa shape index (κ2) is 5.48. The van der Waals surface area contributed by atoms with Crippen LogP contribution in [0.5, 0.6) is 0 Å². The summed E-state index contributed by atoms with van der Waals surface area (Å²) in [6.07, 6.45) is 4.77. The molecule has 5 heteroatoms. The summed E-state index contributed by atoms with van der Waals surface area (Å²) in [7, 11) is 0. The summed E-state index contributed by atoms with van der Waals surface area (Å²) in [5.74, 6) is 0.279. The molecule has 0 aromatic heterocycles. The van der Waals surface area contributed by atoms with Crippen molar-refractivity contribution in [2.75, 3.05) is 17.2 Å². The Morgan fingerprint density at radius 1 is 1.10 bits per heavy atom. The lowest BCUT2D eigenvalue weighted by Crippen LogP contribution is -2.47. The normalized spacial score (nSPS) is 19.5. The molecule has 0 radical (unpaired) electrons. The highest BCUT2D eigenvalue weighted by Crippen LogP contribution is 2.40. The number of nitrogens with one attached hydrogen (secondary N) is 2. The van der Waals surface area contributed by atoms with Crippen LogP contribution in [0, 0.1) is 11.3 Å². The molecule has 0 atom stereocenters. The average Bonchev–Trinajstić information content (AvgIpc) is 3.25. The number of hydrogen-bond donors (Lipinski definition) is 3. The maximum Gasteiger partial charge on any atom is 0.231 e. The number of nitrogens with two attached hydrogens (primary N) is 1. The highest BCUT2D eigenvalue weighted by atomic mass is 16.2. The van der Waals surface area contributed by atoms with Gasteiger partial charge in [-0.2, -0.15) is 0 Å². The lowest BCUT2D eigenvalue weighted by Gasteiger charge is -2.39. The van der Waals surface area contributed by atoms with Crippen LogP contribution in [0.2, 0.25) is 0 Å². The molecule has 3 rings (SSSR count). The summed E-state index contributed by atoms with van der Waals surface area (Å²) in [4.78, 5) is 23.9. The van der Waals surface area contributed by atoms with Crippen LogP contribution in [0.1, 0.15) is 32.1 Å². The van der Waals surface area contributed by atoms with Crippen molar-refractivity contribution >= 4 is 23.2 Å². The van der Waals surface area contributed by atoms with Crippen molar-refractivity contribution in [3.8, 4) is 0 Å². The first-order valence-electron chi connectivity index (χ1n) is 7.55. The van der Waals surface area contributed by atoms with E-state index in [2.05, 4.69) is 10.6 Å². The van der Waals surface area contributed by atoms with Gasteiger partial charge >= 0.3 is 0 Å². The Labute approximate surface area is 124 Å². The molecule has 0 saturated heterocycles. The molecule has 1 aromatic rings. The fourth-order valence-electron chi connectivity index (χ4n) is 2.62. The molecule has 112 valence electrons. The van der Waals surface area contributed by atoms with Gasteiger partial charge in [0.15, 0.2) is 0 Å². The fourth-order valence-corrected chi connectivity index (χ4v) is 2.62. The summed E-state index contributed by atoms with van der Waals surface area (Å²) >= 11 is 0. The van der Waals surface area contributed by atoms with Gasteiger partial charge in [-0.25, -0.2) is 0 Å². The zero-order valence-corrected chi connectivity index (χ0v) is 12.0. The van der Waals surface area contributed by atoms with Crippen LogP contribution in [-0.2, 0) is 9.59 Å². The number of amides is 2. The molecule has 0 heterocycles. The van der Waals surface area contributed by atoms with Crippen molar-refractivity contribution in [3.63, 3.8) is 0 Å². The second-order valence-corrected chi connectivity index (χ2v) is 6.13. The maximum absolute atomic E-state index is 12.2. The molecule has 2 saturated carbocycles. The number of anilines is 2. The zero-order chi connectivity index (χ0) is 14.9. The van der Waals surface area contributed by atoms with Gasteiger partial charge in [-0.1, -0.05) is 6.42 Å². The third-order valence-corrected chi connectivity index (χ3v) is 4.54. The minimum absolute atomic E-state index is 0.00557. The summed E-state index contributed by atoms with van der Waals surface area (Å²) in [6.45, 7) is 0.397. The Bertz CT molecular complexity index is 540. The van der Waals surface area contributed by atoms with E-state index in [4.69, 9.17) is 5.73 Å². The van der Waals surface area contributed by atoms with Gasteiger partial charge in [0.1, 0.15) is 0 Å². The number of rotatable bonds is 5. The third kappa shape index (κ3) is 2.93. The van der Waals surface area contributed by atoms with Crippen molar-refractivity contribution in [2.24, 2.45) is 17.1 Å². The van der Waals surface area contributed by atoms with E-state index in [0.29, 0.717) is 6.54 Å². The number of carbonyl (C=O) groups excluding carboxylic acids is 2. The number of carbonyl (C=O) groups is 2. The molecule has 0 unspecified atom stereocenters. The fraction of sp³-hybridized carbons (Fsp3) is 0.500. The molecule has 2 aliphatic carbocycles. The first-order chi connectivity index (χ1) is 10.1. The van der Waals surface area contributed by atoms with Crippen LogP contribution < -0.4 is 16.4 Å². The molecule has 5 nitrogen and oxygen atoms in total. The van der Waals surface area contributed by atoms with E-state index in [0.717, 1.165) is 43.5 Å². The highest BCUT2D eigenvalue weighted by molar-refractivity contribution is 5.97. The van der Waals surface area contributed by atoms with E-state index in [1.165, 1.54) is 0 Å². The van der Waals surface area contributed by atoms with Crippen molar-refractivity contribution in [2.45, 2.75) is 32.1 Å². The van der Waals surface area contributed by atoms with Gasteiger partial charge in [-0.15, -0.1) is 0 Å². The monoisotopic (exact) mass is 287 g/mol. The minimum atomic E-state index is -0.376. The predicted molar refractivity (Wildman–Crippen MR) is 81.8 cm³/mol. The Kier molecular flexibility index (Phi) is 3.68. The van der Waals surface area contributed by atoms with Crippen LogP contribution in [0.4, 0.5) is 11.4 Å². The van der Waals surface area contributed by atoms with E-state index in [-0.39, 0.29) is 23.1 Å².